The molecule has 7 heteroatoms. The van der Waals surface area contributed by atoms with E-state index in [4.69, 9.17) is 9.40 Å². The SMILES string of the molecule is O=C(Nc1nc(-c2ccccc2)c(Cc2ccccc2)s1)C1CCCN1c1nc2ccccc2o1. The van der Waals surface area contributed by atoms with Gasteiger partial charge in [0.1, 0.15) is 11.6 Å². The van der Waals surface area contributed by atoms with Crippen LogP contribution in [0.25, 0.3) is 22.4 Å². The van der Waals surface area contributed by atoms with Gasteiger partial charge in [-0.3, -0.25) is 4.79 Å². The van der Waals surface area contributed by atoms with Gasteiger partial charge < -0.3 is 14.6 Å². The van der Waals surface area contributed by atoms with E-state index in [1.54, 1.807) is 0 Å². The lowest BCUT2D eigenvalue weighted by Gasteiger charge is -2.21. The van der Waals surface area contributed by atoms with Crippen LogP contribution < -0.4 is 10.2 Å². The van der Waals surface area contributed by atoms with Crippen LogP contribution in [0.3, 0.4) is 0 Å². The van der Waals surface area contributed by atoms with E-state index in [1.807, 2.05) is 65.6 Å². The predicted molar refractivity (Wildman–Crippen MR) is 140 cm³/mol. The number of fused-ring (bicyclic) bond motifs is 1. The summed E-state index contributed by atoms with van der Waals surface area (Å²) in [5.74, 6) is -0.0793. The summed E-state index contributed by atoms with van der Waals surface area (Å²) in [6, 6.07) is 28.3. The van der Waals surface area contributed by atoms with Crippen LogP contribution in [0.15, 0.2) is 89.3 Å². The first-order chi connectivity index (χ1) is 17.2. The van der Waals surface area contributed by atoms with E-state index in [9.17, 15) is 4.79 Å². The van der Waals surface area contributed by atoms with E-state index in [-0.39, 0.29) is 11.9 Å². The number of carbonyl (C=O) groups excluding carboxylic acids is 1. The first-order valence-electron chi connectivity index (χ1n) is 11.8. The van der Waals surface area contributed by atoms with Gasteiger partial charge in [0.15, 0.2) is 10.7 Å². The minimum absolute atomic E-state index is 0.0793. The molecule has 0 radical (unpaired) electrons. The van der Waals surface area contributed by atoms with Gasteiger partial charge in [0, 0.05) is 23.4 Å². The predicted octanol–water partition coefficient (Wildman–Crippen LogP) is 6.15. The summed E-state index contributed by atoms with van der Waals surface area (Å²) in [7, 11) is 0. The molecule has 0 spiro atoms. The summed E-state index contributed by atoms with van der Waals surface area (Å²) in [5.41, 5.74) is 4.70. The molecule has 6 nitrogen and oxygen atoms in total. The molecule has 1 aliphatic rings. The highest BCUT2D eigenvalue weighted by molar-refractivity contribution is 7.16. The third-order valence-corrected chi connectivity index (χ3v) is 7.24. The monoisotopic (exact) mass is 480 g/mol. The molecule has 0 aliphatic carbocycles. The molecule has 1 atom stereocenters. The molecule has 1 amide bonds. The second kappa shape index (κ2) is 9.35. The minimum Gasteiger partial charge on any atom is -0.423 e. The quantitative estimate of drug-likeness (QED) is 0.316. The highest BCUT2D eigenvalue weighted by Crippen LogP contribution is 2.34. The Hall–Kier alpha value is -3.97. The maximum absolute atomic E-state index is 13.4. The number of benzene rings is 3. The molecule has 1 aliphatic heterocycles. The standard InChI is InChI=1S/C28H24N4O2S/c33-26(22-15-9-17-32(22)28-29-21-14-7-8-16-23(21)34-28)31-27-30-25(20-12-5-2-6-13-20)24(35-27)18-19-10-3-1-4-11-19/h1-8,10-14,16,22H,9,15,17-18H2,(H,30,31,33). The summed E-state index contributed by atoms with van der Waals surface area (Å²) >= 11 is 1.54. The summed E-state index contributed by atoms with van der Waals surface area (Å²) in [5, 5.41) is 3.71. The molecule has 174 valence electrons. The maximum atomic E-state index is 13.4. The van der Waals surface area contributed by atoms with Crippen LogP contribution in [-0.4, -0.2) is 28.5 Å². The molecule has 1 fully saturated rings. The number of nitrogens with zero attached hydrogens (tertiary/aromatic N) is 3. The smallest absolute Gasteiger partial charge is 0.299 e. The molecule has 5 aromatic rings. The fourth-order valence-corrected chi connectivity index (χ4v) is 5.59. The van der Waals surface area contributed by atoms with Crippen LogP contribution in [-0.2, 0) is 11.2 Å². The zero-order valence-electron chi connectivity index (χ0n) is 19.1. The van der Waals surface area contributed by atoms with E-state index >= 15 is 0 Å². The van der Waals surface area contributed by atoms with Crippen LogP contribution in [0.1, 0.15) is 23.3 Å². The number of hydrogen-bond acceptors (Lipinski definition) is 6. The van der Waals surface area contributed by atoms with Gasteiger partial charge in [0.05, 0.1) is 5.69 Å². The van der Waals surface area contributed by atoms with Crippen LogP contribution in [0.5, 0.6) is 0 Å². The van der Waals surface area contributed by atoms with E-state index in [2.05, 4.69) is 34.6 Å². The van der Waals surface area contributed by atoms with Crippen LogP contribution in [0.2, 0.25) is 0 Å². The number of nitrogens with one attached hydrogen (secondary N) is 1. The summed E-state index contributed by atoms with van der Waals surface area (Å²) in [6.07, 6.45) is 2.42. The van der Waals surface area contributed by atoms with Crippen LogP contribution >= 0.6 is 11.3 Å². The van der Waals surface area contributed by atoms with Gasteiger partial charge in [-0.1, -0.05) is 72.8 Å². The maximum Gasteiger partial charge on any atom is 0.299 e. The summed E-state index contributed by atoms with van der Waals surface area (Å²) in [4.78, 5) is 25.9. The normalized spacial score (nSPS) is 15.5. The zero-order valence-corrected chi connectivity index (χ0v) is 19.9. The van der Waals surface area contributed by atoms with Crippen LogP contribution in [0.4, 0.5) is 11.1 Å². The Balaban J connectivity index is 1.26. The van der Waals surface area contributed by atoms with Crippen molar-refractivity contribution in [1.82, 2.24) is 9.97 Å². The Morgan fingerprint density at radius 3 is 2.51 bits per heavy atom. The van der Waals surface area contributed by atoms with Gasteiger partial charge in [0.2, 0.25) is 5.91 Å². The van der Waals surface area contributed by atoms with Gasteiger partial charge in [0.25, 0.3) is 6.01 Å². The van der Waals surface area contributed by atoms with Crippen LogP contribution in [0, 0.1) is 0 Å². The molecular weight excluding hydrogens is 456 g/mol. The van der Waals surface area contributed by atoms with Crippen molar-refractivity contribution >= 4 is 39.5 Å². The summed E-state index contributed by atoms with van der Waals surface area (Å²) in [6.45, 7) is 0.733. The molecule has 1 saturated heterocycles. The molecule has 2 aromatic heterocycles. The fourth-order valence-electron chi connectivity index (χ4n) is 4.57. The number of thiazole rings is 1. The fraction of sp³-hybridized carbons (Fsp3) is 0.179. The molecule has 0 bridgehead atoms. The topological polar surface area (TPSA) is 71.3 Å². The highest BCUT2D eigenvalue weighted by Gasteiger charge is 2.34. The van der Waals surface area contributed by atoms with E-state index in [0.29, 0.717) is 11.1 Å². The first kappa shape index (κ1) is 21.6. The molecule has 0 saturated carbocycles. The number of amides is 1. The molecule has 1 unspecified atom stereocenters. The second-order valence-corrected chi connectivity index (χ2v) is 9.71. The Bertz CT molecular complexity index is 1430. The van der Waals surface area contributed by atoms with Gasteiger partial charge in [-0.2, -0.15) is 4.98 Å². The van der Waals surface area contributed by atoms with E-state index in [1.165, 1.54) is 16.9 Å². The van der Waals surface area contributed by atoms with Gasteiger partial charge in [-0.05, 0) is 30.5 Å². The van der Waals surface area contributed by atoms with Crippen molar-refractivity contribution in [3.8, 4) is 11.3 Å². The number of anilines is 2. The molecular formula is C28H24N4O2S. The van der Waals surface area contributed by atoms with E-state index < -0.39 is 0 Å². The molecule has 3 heterocycles. The lowest BCUT2D eigenvalue weighted by molar-refractivity contribution is -0.117. The second-order valence-electron chi connectivity index (χ2n) is 8.62. The Morgan fingerprint density at radius 2 is 1.71 bits per heavy atom. The van der Waals surface area contributed by atoms with Crippen molar-refractivity contribution in [3.05, 3.63) is 95.4 Å². The number of carbonyl (C=O) groups is 1. The van der Waals surface area contributed by atoms with Gasteiger partial charge >= 0.3 is 0 Å². The number of para-hydroxylation sites is 2. The lowest BCUT2D eigenvalue weighted by atomic mass is 10.1. The minimum atomic E-state index is -0.343. The largest absolute Gasteiger partial charge is 0.423 e. The number of oxazole rings is 1. The van der Waals surface area contributed by atoms with Crippen molar-refractivity contribution in [1.29, 1.82) is 0 Å². The average Bonchev–Trinajstić information content (AvgIpc) is 3.63. The molecule has 35 heavy (non-hydrogen) atoms. The number of hydrogen-bond donors (Lipinski definition) is 1. The molecule has 3 aromatic carbocycles. The number of aromatic nitrogens is 2. The van der Waals surface area contributed by atoms with Crippen molar-refractivity contribution in [2.45, 2.75) is 25.3 Å². The third-order valence-electron chi connectivity index (χ3n) is 6.27. The molecule has 6 rings (SSSR count). The highest BCUT2D eigenvalue weighted by atomic mass is 32.1. The van der Waals surface area contributed by atoms with Crippen molar-refractivity contribution in [2.24, 2.45) is 0 Å². The summed E-state index contributed by atoms with van der Waals surface area (Å²) < 4.78 is 5.95. The van der Waals surface area contributed by atoms with E-state index in [0.717, 1.165) is 53.0 Å². The van der Waals surface area contributed by atoms with Gasteiger partial charge in [-0.15, -0.1) is 11.3 Å². The van der Waals surface area contributed by atoms with Gasteiger partial charge in [-0.25, -0.2) is 4.98 Å². The Labute approximate surface area is 207 Å². The molecule has 1 N–H and O–H groups in total. The van der Waals surface area contributed by atoms with Crippen molar-refractivity contribution in [3.63, 3.8) is 0 Å². The van der Waals surface area contributed by atoms with Crippen molar-refractivity contribution in [2.75, 3.05) is 16.8 Å². The lowest BCUT2D eigenvalue weighted by Crippen LogP contribution is -2.39. The average molecular weight is 481 g/mol. The number of rotatable bonds is 6. The first-order valence-corrected chi connectivity index (χ1v) is 12.6. The Morgan fingerprint density at radius 1 is 0.971 bits per heavy atom. The Kier molecular flexibility index (Phi) is 5.76. The third kappa shape index (κ3) is 4.42. The zero-order chi connectivity index (χ0) is 23.6. The van der Waals surface area contributed by atoms with Crippen molar-refractivity contribution < 1.29 is 9.21 Å².